The molecule has 1 amide bonds. The highest BCUT2D eigenvalue weighted by Gasteiger charge is 2.35. The first kappa shape index (κ1) is 17.4. The Kier molecular flexibility index (Phi) is 5.90. The molecule has 2 aliphatic heterocycles. The second-order valence-electron chi connectivity index (χ2n) is 7.50. The van der Waals surface area contributed by atoms with Crippen LogP contribution in [0.1, 0.15) is 44.2 Å². The third-order valence-corrected chi connectivity index (χ3v) is 5.19. The van der Waals surface area contributed by atoms with Crippen molar-refractivity contribution in [1.82, 2.24) is 10.2 Å². The molecule has 24 heavy (non-hydrogen) atoms. The van der Waals surface area contributed by atoms with Crippen LogP contribution in [0.5, 0.6) is 0 Å². The van der Waals surface area contributed by atoms with Crippen LogP contribution in [0.2, 0.25) is 0 Å². The fourth-order valence-electron chi connectivity index (χ4n) is 3.91. The van der Waals surface area contributed by atoms with Gasteiger partial charge in [0, 0.05) is 19.7 Å². The number of nitrogens with zero attached hydrogens (tertiary/aromatic N) is 1. The second kappa shape index (κ2) is 8.13. The molecule has 1 aromatic carbocycles. The van der Waals surface area contributed by atoms with Crippen molar-refractivity contribution in [2.24, 2.45) is 11.8 Å². The van der Waals surface area contributed by atoms with Crippen LogP contribution in [0, 0.1) is 11.8 Å². The van der Waals surface area contributed by atoms with Gasteiger partial charge in [-0.2, -0.15) is 0 Å². The maximum absolute atomic E-state index is 12.5. The van der Waals surface area contributed by atoms with E-state index >= 15 is 0 Å². The topological polar surface area (TPSA) is 41.6 Å². The molecule has 132 valence electrons. The zero-order valence-corrected chi connectivity index (χ0v) is 15.0. The molecule has 4 heteroatoms. The Morgan fingerprint density at radius 3 is 2.79 bits per heavy atom. The summed E-state index contributed by atoms with van der Waals surface area (Å²) in [6.45, 7) is 8.99. The lowest BCUT2D eigenvalue weighted by Crippen LogP contribution is -2.37. The summed E-state index contributed by atoms with van der Waals surface area (Å²) in [7, 11) is 0. The van der Waals surface area contributed by atoms with Gasteiger partial charge in [-0.05, 0) is 49.4 Å². The summed E-state index contributed by atoms with van der Waals surface area (Å²) in [4.78, 5) is 15.0. The van der Waals surface area contributed by atoms with Gasteiger partial charge in [-0.1, -0.05) is 38.1 Å². The largest absolute Gasteiger partial charge is 0.377 e. The Morgan fingerprint density at radius 2 is 2.04 bits per heavy atom. The first-order chi connectivity index (χ1) is 11.6. The van der Waals surface area contributed by atoms with E-state index in [0.29, 0.717) is 19.1 Å². The smallest absolute Gasteiger partial charge is 0.226 e. The Balaban J connectivity index is 1.53. The third-order valence-electron chi connectivity index (χ3n) is 5.19. The van der Waals surface area contributed by atoms with E-state index in [9.17, 15) is 4.79 Å². The SMILES string of the molecule is CC(C)[C@@H]1OCC[C@@H]1C(=O)NCc1cccc(CN2CCCC2)c1. The minimum Gasteiger partial charge on any atom is -0.377 e. The summed E-state index contributed by atoms with van der Waals surface area (Å²) in [6.07, 6.45) is 3.53. The number of ether oxygens (including phenoxy) is 1. The van der Waals surface area contributed by atoms with Gasteiger partial charge in [0.25, 0.3) is 0 Å². The second-order valence-corrected chi connectivity index (χ2v) is 7.50. The van der Waals surface area contributed by atoms with Crippen molar-refractivity contribution in [1.29, 1.82) is 0 Å². The molecule has 2 heterocycles. The Hall–Kier alpha value is -1.39. The predicted octanol–water partition coefficient (Wildman–Crippen LogP) is 2.96. The number of rotatable bonds is 6. The molecule has 0 saturated carbocycles. The number of likely N-dealkylation sites (tertiary alicyclic amines) is 1. The lowest BCUT2D eigenvalue weighted by molar-refractivity contribution is -0.127. The maximum Gasteiger partial charge on any atom is 0.226 e. The van der Waals surface area contributed by atoms with Gasteiger partial charge >= 0.3 is 0 Å². The molecule has 4 nitrogen and oxygen atoms in total. The Labute approximate surface area is 145 Å². The molecular formula is C20H30N2O2. The normalized spacial score (nSPS) is 24.6. The minimum atomic E-state index is -0.00205. The molecule has 0 bridgehead atoms. The average Bonchev–Trinajstić information content (AvgIpc) is 3.24. The zero-order valence-electron chi connectivity index (χ0n) is 15.0. The van der Waals surface area contributed by atoms with E-state index in [1.54, 1.807) is 0 Å². The molecule has 0 aromatic heterocycles. The van der Waals surface area contributed by atoms with Crippen molar-refractivity contribution in [3.05, 3.63) is 35.4 Å². The number of carbonyl (C=O) groups excluding carboxylic acids is 1. The first-order valence-corrected chi connectivity index (χ1v) is 9.33. The van der Waals surface area contributed by atoms with Crippen molar-refractivity contribution >= 4 is 5.91 Å². The molecule has 2 saturated heterocycles. The lowest BCUT2D eigenvalue weighted by Gasteiger charge is -2.21. The average molecular weight is 330 g/mol. The van der Waals surface area contributed by atoms with Crippen molar-refractivity contribution in [3.8, 4) is 0 Å². The molecule has 0 aliphatic carbocycles. The third kappa shape index (κ3) is 4.37. The van der Waals surface area contributed by atoms with Crippen LogP contribution in [0.3, 0.4) is 0 Å². The molecule has 0 spiro atoms. The van der Waals surface area contributed by atoms with E-state index in [2.05, 4.69) is 48.3 Å². The maximum atomic E-state index is 12.5. The summed E-state index contributed by atoms with van der Waals surface area (Å²) in [5.41, 5.74) is 2.52. The summed E-state index contributed by atoms with van der Waals surface area (Å²) in [6, 6.07) is 8.61. The van der Waals surface area contributed by atoms with Crippen molar-refractivity contribution < 1.29 is 9.53 Å². The quantitative estimate of drug-likeness (QED) is 0.872. The van der Waals surface area contributed by atoms with Crippen LogP contribution in [0.15, 0.2) is 24.3 Å². The van der Waals surface area contributed by atoms with Crippen LogP contribution in [0.25, 0.3) is 0 Å². The first-order valence-electron chi connectivity index (χ1n) is 9.33. The van der Waals surface area contributed by atoms with Gasteiger partial charge in [0.15, 0.2) is 0 Å². The number of carbonyl (C=O) groups is 1. The molecule has 0 unspecified atom stereocenters. The molecular weight excluding hydrogens is 300 g/mol. The fourth-order valence-corrected chi connectivity index (χ4v) is 3.91. The number of nitrogens with one attached hydrogen (secondary N) is 1. The highest BCUT2D eigenvalue weighted by atomic mass is 16.5. The van der Waals surface area contributed by atoms with Gasteiger partial charge in [-0.15, -0.1) is 0 Å². The zero-order chi connectivity index (χ0) is 16.9. The molecule has 1 N–H and O–H groups in total. The van der Waals surface area contributed by atoms with Crippen LogP contribution in [0.4, 0.5) is 0 Å². The van der Waals surface area contributed by atoms with Crippen LogP contribution >= 0.6 is 0 Å². The molecule has 2 aliphatic rings. The van der Waals surface area contributed by atoms with E-state index in [1.807, 2.05) is 0 Å². The minimum absolute atomic E-state index is 0.00205. The molecule has 3 rings (SSSR count). The molecule has 2 fully saturated rings. The monoisotopic (exact) mass is 330 g/mol. The van der Waals surface area contributed by atoms with Crippen molar-refractivity contribution in [3.63, 3.8) is 0 Å². The highest BCUT2D eigenvalue weighted by molar-refractivity contribution is 5.79. The Morgan fingerprint density at radius 1 is 1.29 bits per heavy atom. The lowest BCUT2D eigenvalue weighted by atomic mass is 9.92. The van der Waals surface area contributed by atoms with Crippen LogP contribution in [-0.4, -0.2) is 36.6 Å². The Bertz CT molecular complexity index is 552. The van der Waals surface area contributed by atoms with Gasteiger partial charge in [0.1, 0.15) is 0 Å². The number of benzene rings is 1. The van der Waals surface area contributed by atoms with Crippen molar-refractivity contribution in [2.75, 3.05) is 19.7 Å². The van der Waals surface area contributed by atoms with Gasteiger partial charge < -0.3 is 10.1 Å². The summed E-state index contributed by atoms with van der Waals surface area (Å²) in [5, 5.41) is 3.11. The van der Waals surface area contributed by atoms with Crippen LogP contribution < -0.4 is 5.32 Å². The molecule has 2 atom stereocenters. The van der Waals surface area contributed by atoms with Gasteiger partial charge in [-0.3, -0.25) is 9.69 Å². The molecule has 0 radical (unpaired) electrons. The van der Waals surface area contributed by atoms with Gasteiger partial charge in [0.2, 0.25) is 5.91 Å². The highest BCUT2D eigenvalue weighted by Crippen LogP contribution is 2.27. The number of amides is 1. The standard InChI is InChI=1S/C20H30N2O2/c1-15(2)19-18(8-11-24-19)20(23)21-13-16-6-5-7-17(12-16)14-22-9-3-4-10-22/h5-7,12,15,18-19H,3-4,8-11,13-14H2,1-2H3,(H,21,23)/t18-,19-/m0/s1. The fraction of sp³-hybridized carbons (Fsp3) is 0.650. The van der Waals surface area contributed by atoms with E-state index < -0.39 is 0 Å². The number of hydrogen-bond donors (Lipinski definition) is 1. The predicted molar refractivity (Wildman–Crippen MR) is 95.5 cm³/mol. The van der Waals surface area contributed by atoms with Gasteiger partial charge in [-0.25, -0.2) is 0 Å². The van der Waals surface area contributed by atoms with E-state index in [0.717, 1.165) is 13.0 Å². The summed E-state index contributed by atoms with van der Waals surface area (Å²) in [5.74, 6) is 0.515. The number of hydrogen-bond acceptors (Lipinski definition) is 3. The van der Waals surface area contributed by atoms with Gasteiger partial charge in [0.05, 0.1) is 12.0 Å². The summed E-state index contributed by atoms with van der Waals surface area (Å²) >= 11 is 0. The van der Waals surface area contributed by atoms with E-state index in [1.165, 1.54) is 37.1 Å². The van der Waals surface area contributed by atoms with Crippen LogP contribution in [-0.2, 0) is 22.6 Å². The molecule has 1 aromatic rings. The van der Waals surface area contributed by atoms with E-state index in [4.69, 9.17) is 4.74 Å². The summed E-state index contributed by atoms with van der Waals surface area (Å²) < 4.78 is 5.73. The van der Waals surface area contributed by atoms with E-state index in [-0.39, 0.29) is 17.9 Å². The van der Waals surface area contributed by atoms with Crippen molar-refractivity contribution in [2.45, 2.75) is 52.3 Å².